The van der Waals surface area contributed by atoms with Crippen LogP contribution in [0.15, 0.2) is 22.7 Å². The quantitative estimate of drug-likeness (QED) is 0.905. The summed E-state index contributed by atoms with van der Waals surface area (Å²) in [6.45, 7) is 4.56. The summed E-state index contributed by atoms with van der Waals surface area (Å²) in [5.41, 5.74) is 3.69. The molecule has 0 unspecified atom stereocenters. The number of hydrogen-bond donors (Lipinski definition) is 1. The number of aromatic nitrogens is 2. The number of benzene rings is 1. The lowest BCUT2D eigenvalue weighted by Gasteiger charge is -2.08. The van der Waals surface area contributed by atoms with Crippen LogP contribution in [-0.4, -0.2) is 14.9 Å². The fourth-order valence-electron chi connectivity index (χ4n) is 2.46. The lowest BCUT2D eigenvalue weighted by atomic mass is 10.1. The lowest BCUT2D eigenvalue weighted by molar-refractivity contribution is 0.279. The molecule has 0 bridgehead atoms. The number of rotatable bonds is 5. The molecule has 2 aromatic rings. The van der Waals surface area contributed by atoms with Crippen molar-refractivity contribution in [3.8, 4) is 0 Å². The first-order valence-corrected chi connectivity index (χ1v) is 7.51. The molecule has 0 radical (unpaired) electrons. The van der Waals surface area contributed by atoms with Crippen molar-refractivity contribution in [2.24, 2.45) is 0 Å². The van der Waals surface area contributed by atoms with Gasteiger partial charge in [0.15, 0.2) is 0 Å². The van der Waals surface area contributed by atoms with Gasteiger partial charge in [-0.1, -0.05) is 29.8 Å². The highest BCUT2D eigenvalue weighted by Crippen LogP contribution is 2.20. The Labute approximate surface area is 126 Å². The van der Waals surface area contributed by atoms with E-state index in [1.54, 1.807) is 0 Å². The molecule has 0 atom stereocenters. The normalized spacial score (nSPS) is 11.1. The molecule has 0 saturated carbocycles. The van der Waals surface area contributed by atoms with Crippen LogP contribution in [0.5, 0.6) is 0 Å². The first-order valence-electron chi connectivity index (χ1n) is 6.72. The van der Waals surface area contributed by atoms with Gasteiger partial charge in [-0.05, 0) is 36.6 Å². The molecule has 0 aliphatic carbocycles. The third kappa shape index (κ3) is 3.10. The molecular formula is C15H18BrFN2O. The molecule has 3 nitrogen and oxygen atoms in total. The average Bonchev–Trinajstić information content (AvgIpc) is 2.74. The van der Waals surface area contributed by atoms with Crippen LogP contribution in [0.2, 0.25) is 0 Å². The fraction of sp³-hybridized carbons (Fsp3) is 0.400. The van der Waals surface area contributed by atoms with Crippen molar-refractivity contribution in [2.75, 3.05) is 0 Å². The van der Waals surface area contributed by atoms with Gasteiger partial charge in [0.1, 0.15) is 5.82 Å². The summed E-state index contributed by atoms with van der Waals surface area (Å²) >= 11 is 3.30. The van der Waals surface area contributed by atoms with Crippen LogP contribution in [-0.2, 0) is 26.0 Å². The summed E-state index contributed by atoms with van der Waals surface area (Å²) in [7, 11) is 0. The second-order valence-electron chi connectivity index (χ2n) is 4.67. The second kappa shape index (κ2) is 6.50. The maximum absolute atomic E-state index is 13.4. The standard InChI is InChI=1S/C15H18BrFN2O/c1-3-14-13(9-20)15(4-2)19(18-14)8-10-5-11(16)7-12(17)6-10/h5-7,20H,3-4,8-9H2,1-2H3. The summed E-state index contributed by atoms with van der Waals surface area (Å²) in [4.78, 5) is 0. The van der Waals surface area contributed by atoms with E-state index in [0.717, 1.165) is 39.8 Å². The maximum atomic E-state index is 13.4. The van der Waals surface area contributed by atoms with E-state index in [1.807, 2.05) is 24.6 Å². The van der Waals surface area contributed by atoms with Crippen LogP contribution < -0.4 is 0 Å². The molecule has 1 aromatic heterocycles. The first-order chi connectivity index (χ1) is 9.58. The largest absolute Gasteiger partial charge is 0.392 e. The fourth-order valence-corrected chi connectivity index (χ4v) is 2.97. The Morgan fingerprint density at radius 1 is 1.25 bits per heavy atom. The Morgan fingerprint density at radius 2 is 2.00 bits per heavy atom. The molecule has 2 rings (SSSR count). The maximum Gasteiger partial charge on any atom is 0.124 e. The van der Waals surface area contributed by atoms with Crippen molar-refractivity contribution in [3.63, 3.8) is 0 Å². The molecule has 0 amide bonds. The highest BCUT2D eigenvalue weighted by atomic mass is 79.9. The van der Waals surface area contributed by atoms with Gasteiger partial charge < -0.3 is 5.11 Å². The monoisotopic (exact) mass is 340 g/mol. The first kappa shape index (κ1) is 15.2. The van der Waals surface area contributed by atoms with Crippen LogP contribution >= 0.6 is 15.9 Å². The highest BCUT2D eigenvalue weighted by molar-refractivity contribution is 9.10. The average molecular weight is 341 g/mol. The van der Waals surface area contributed by atoms with E-state index in [4.69, 9.17) is 0 Å². The molecule has 0 fully saturated rings. The summed E-state index contributed by atoms with van der Waals surface area (Å²) in [6.07, 6.45) is 1.57. The number of halogens is 2. The zero-order valence-electron chi connectivity index (χ0n) is 11.7. The highest BCUT2D eigenvalue weighted by Gasteiger charge is 2.15. The van der Waals surface area contributed by atoms with Crippen molar-refractivity contribution in [2.45, 2.75) is 39.8 Å². The minimum atomic E-state index is -0.266. The second-order valence-corrected chi connectivity index (χ2v) is 5.59. The van der Waals surface area contributed by atoms with E-state index >= 15 is 0 Å². The van der Waals surface area contributed by atoms with Gasteiger partial charge in [-0.3, -0.25) is 4.68 Å². The van der Waals surface area contributed by atoms with Crippen LogP contribution in [0.25, 0.3) is 0 Å². The molecule has 5 heteroatoms. The van der Waals surface area contributed by atoms with Crippen molar-refractivity contribution in [1.29, 1.82) is 0 Å². The summed E-state index contributed by atoms with van der Waals surface area (Å²) in [5.74, 6) is -0.266. The van der Waals surface area contributed by atoms with Gasteiger partial charge >= 0.3 is 0 Å². The molecule has 1 heterocycles. The minimum Gasteiger partial charge on any atom is -0.392 e. The number of aliphatic hydroxyl groups is 1. The van der Waals surface area contributed by atoms with Gasteiger partial charge in [0.2, 0.25) is 0 Å². The van der Waals surface area contributed by atoms with Gasteiger partial charge in [0, 0.05) is 15.7 Å². The van der Waals surface area contributed by atoms with Crippen LogP contribution in [0.1, 0.15) is 36.4 Å². The Bertz CT molecular complexity index is 590. The SMILES string of the molecule is CCc1nn(Cc2cc(F)cc(Br)c2)c(CC)c1CO. The van der Waals surface area contributed by atoms with E-state index < -0.39 is 0 Å². The van der Waals surface area contributed by atoms with Crippen LogP contribution in [0.4, 0.5) is 4.39 Å². The molecule has 0 spiro atoms. The molecule has 0 aliphatic rings. The molecule has 0 saturated heterocycles. The third-order valence-electron chi connectivity index (χ3n) is 3.33. The predicted molar refractivity (Wildman–Crippen MR) is 80.1 cm³/mol. The minimum absolute atomic E-state index is 0.000802. The Kier molecular flexibility index (Phi) is 4.94. The Morgan fingerprint density at radius 3 is 2.55 bits per heavy atom. The smallest absolute Gasteiger partial charge is 0.124 e. The topological polar surface area (TPSA) is 38.0 Å². The van der Waals surface area contributed by atoms with E-state index in [9.17, 15) is 9.50 Å². The number of hydrogen-bond acceptors (Lipinski definition) is 2. The van der Waals surface area contributed by atoms with Gasteiger partial charge in [-0.15, -0.1) is 0 Å². The Balaban J connectivity index is 2.40. The lowest BCUT2D eigenvalue weighted by Crippen LogP contribution is -2.07. The van der Waals surface area contributed by atoms with E-state index in [1.165, 1.54) is 12.1 Å². The zero-order valence-corrected chi connectivity index (χ0v) is 13.2. The molecule has 1 N–H and O–H groups in total. The molecular weight excluding hydrogens is 323 g/mol. The van der Waals surface area contributed by atoms with Crippen LogP contribution in [0, 0.1) is 5.82 Å². The Hall–Kier alpha value is -1.20. The van der Waals surface area contributed by atoms with Crippen molar-refractivity contribution < 1.29 is 9.50 Å². The molecule has 108 valence electrons. The van der Waals surface area contributed by atoms with Crippen molar-refractivity contribution >= 4 is 15.9 Å². The third-order valence-corrected chi connectivity index (χ3v) is 3.79. The number of aliphatic hydroxyl groups excluding tert-OH is 1. The van der Waals surface area contributed by atoms with Gasteiger partial charge in [-0.25, -0.2) is 4.39 Å². The summed E-state index contributed by atoms with van der Waals surface area (Å²) in [5, 5.41) is 14.1. The van der Waals surface area contributed by atoms with E-state index in [2.05, 4.69) is 21.0 Å². The van der Waals surface area contributed by atoms with Gasteiger partial charge in [0.05, 0.1) is 18.8 Å². The zero-order chi connectivity index (χ0) is 14.7. The summed E-state index contributed by atoms with van der Waals surface area (Å²) in [6, 6.07) is 4.83. The number of nitrogens with zero attached hydrogens (tertiary/aromatic N) is 2. The summed E-state index contributed by atoms with van der Waals surface area (Å²) < 4.78 is 16.0. The predicted octanol–water partition coefficient (Wildman–Crippen LogP) is 3.45. The van der Waals surface area contributed by atoms with Crippen molar-refractivity contribution in [3.05, 3.63) is 51.0 Å². The molecule has 1 aromatic carbocycles. The van der Waals surface area contributed by atoms with Crippen LogP contribution in [0.3, 0.4) is 0 Å². The van der Waals surface area contributed by atoms with Gasteiger partial charge in [0.25, 0.3) is 0 Å². The van der Waals surface area contributed by atoms with E-state index in [-0.39, 0.29) is 12.4 Å². The molecule has 0 aliphatic heterocycles. The molecule has 20 heavy (non-hydrogen) atoms. The van der Waals surface area contributed by atoms with Crippen molar-refractivity contribution in [1.82, 2.24) is 9.78 Å². The number of aryl methyl sites for hydroxylation is 1. The van der Waals surface area contributed by atoms with Gasteiger partial charge in [-0.2, -0.15) is 5.10 Å². The van der Waals surface area contributed by atoms with E-state index in [0.29, 0.717) is 6.54 Å².